The second-order valence-electron chi connectivity index (χ2n) is 9.02. The number of carbonyl (C=O) groups is 1. The van der Waals surface area contributed by atoms with E-state index >= 15 is 0 Å². The van der Waals surface area contributed by atoms with E-state index in [2.05, 4.69) is 50.7 Å². The average Bonchev–Trinajstić information content (AvgIpc) is 2.49. The van der Waals surface area contributed by atoms with E-state index in [1.807, 2.05) is 6.07 Å². The summed E-state index contributed by atoms with van der Waals surface area (Å²) in [5, 5.41) is 9.53. The SMILES string of the molecule is C[C@H]1CN(c2ccncc2N)C[C@@H](CC(=O)O)[C@@H]1O[Si](C)(C)C(C)(C)C. The van der Waals surface area contributed by atoms with Gasteiger partial charge < -0.3 is 20.2 Å². The molecule has 0 spiro atoms. The van der Waals surface area contributed by atoms with E-state index in [1.54, 1.807) is 12.4 Å². The first-order valence-corrected chi connectivity index (χ1v) is 12.2. The van der Waals surface area contributed by atoms with Gasteiger partial charge in [0.05, 0.1) is 30.1 Å². The van der Waals surface area contributed by atoms with E-state index in [9.17, 15) is 9.90 Å². The minimum atomic E-state index is -1.99. The first kappa shape index (κ1) is 20.7. The van der Waals surface area contributed by atoms with Crippen LogP contribution in [-0.2, 0) is 9.22 Å². The fraction of sp³-hybridized carbons (Fsp3) is 0.684. The third-order valence-corrected chi connectivity index (χ3v) is 10.3. The number of carboxylic acid groups (broad SMARTS) is 1. The maximum Gasteiger partial charge on any atom is 0.303 e. The van der Waals surface area contributed by atoms with Crippen molar-refractivity contribution in [3.05, 3.63) is 18.5 Å². The molecule has 1 fully saturated rings. The Labute approximate surface area is 157 Å². The first-order chi connectivity index (χ1) is 11.9. The van der Waals surface area contributed by atoms with Crippen LogP contribution in [0.1, 0.15) is 34.1 Å². The van der Waals surface area contributed by atoms with Crippen LogP contribution < -0.4 is 10.6 Å². The van der Waals surface area contributed by atoms with Crippen molar-refractivity contribution in [3.63, 3.8) is 0 Å². The Balaban J connectivity index is 2.27. The zero-order chi connectivity index (χ0) is 19.7. The average molecular weight is 380 g/mol. The molecule has 1 aliphatic rings. The summed E-state index contributed by atoms with van der Waals surface area (Å²) in [6, 6.07) is 1.90. The summed E-state index contributed by atoms with van der Waals surface area (Å²) < 4.78 is 6.69. The molecule has 1 saturated heterocycles. The van der Waals surface area contributed by atoms with Gasteiger partial charge >= 0.3 is 5.97 Å². The van der Waals surface area contributed by atoms with Crippen molar-refractivity contribution in [1.29, 1.82) is 0 Å². The summed E-state index contributed by atoms with van der Waals surface area (Å²) in [5.74, 6) is -0.636. The number of aromatic nitrogens is 1. The van der Waals surface area contributed by atoms with Crippen molar-refractivity contribution in [2.45, 2.75) is 58.4 Å². The molecule has 6 nitrogen and oxygen atoms in total. The van der Waals surface area contributed by atoms with Gasteiger partial charge in [-0.15, -0.1) is 0 Å². The first-order valence-electron chi connectivity index (χ1n) is 9.26. The minimum absolute atomic E-state index is 0.0497. The van der Waals surface area contributed by atoms with Gasteiger partial charge in [0.1, 0.15) is 0 Å². The van der Waals surface area contributed by atoms with E-state index in [0.29, 0.717) is 12.2 Å². The molecule has 0 aliphatic carbocycles. The van der Waals surface area contributed by atoms with Crippen LogP contribution in [0, 0.1) is 11.8 Å². The van der Waals surface area contributed by atoms with E-state index in [-0.39, 0.29) is 29.4 Å². The van der Waals surface area contributed by atoms with Gasteiger partial charge in [0.25, 0.3) is 0 Å². The Morgan fingerprint density at radius 3 is 2.62 bits per heavy atom. The monoisotopic (exact) mass is 379 g/mol. The van der Waals surface area contributed by atoms with Crippen LogP contribution in [0.15, 0.2) is 18.5 Å². The predicted octanol–water partition coefficient (Wildman–Crippen LogP) is 3.60. The Kier molecular flexibility index (Phi) is 6.02. The fourth-order valence-electron chi connectivity index (χ4n) is 3.40. The van der Waals surface area contributed by atoms with Crippen molar-refractivity contribution in [2.24, 2.45) is 11.8 Å². The molecule has 3 N–H and O–H groups in total. The number of nitrogens with zero attached hydrogens (tertiary/aromatic N) is 2. The van der Waals surface area contributed by atoms with Crippen LogP contribution in [0.4, 0.5) is 11.4 Å². The summed E-state index contributed by atoms with van der Waals surface area (Å²) >= 11 is 0. The number of nitrogen functional groups attached to an aromatic ring is 1. The lowest BCUT2D eigenvalue weighted by molar-refractivity contribution is -0.139. The smallest absolute Gasteiger partial charge is 0.303 e. The van der Waals surface area contributed by atoms with Gasteiger partial charge in [0.2, 0.25) is 0 Å². The Bertz CT molecular complexity index is 645. The largest absolute Gasteiger partial charge is 0.481 e. The molecule has 0 bridgehead atoms. The fourth-order valence-corrected chi connectivity index (χ4v) is 4.85. The Hall–Kier alpha value is -1.60. The van der Waals surface area contributed by atoms with Gasteiger partial charge in [-0.1, -0.05) is 27.7 Å². The van der Waals surface area contributed by atoms with Crippen molar-refractivity contribution in [1.82, 2.24) is 4.98 Å². The number of hydrogen-bond acceptors (Lipinski definition) is 5. The molecule has 3 atom stereocenters. The van der Waals surface area contributed by atoms with Crippen LogP contribution in [-0.4, -0.2) is 43.6 Å². The van der Waals surface area contributed by atoms with Crippen LogP contribution in [0.25, 0.3) is 0 Å². The zero-order valence-corrected chi connectivity index (χ0v) is 17.8. The third kappa shape index (κ3) is 4.56. The van der Waals surface area contributed by atoms with Crippen molar-refractivity contribution >= 4 is 25.7 Å². The summed E-state index contributed by atoms with van der Waals surface area (Å²) in [7, 11) is -1.99. The normalized spacial score (nSPS) is 24.5. The molecule has 2 heterocycles. The quantitative estimate of drug-likeness (QED) is 0.760. The molecular weight excluding hydrogens is 346 g/mol. The summed E-state index contributed by atoms with van der Waals surface area (Å²) in [6.07, 6.45) is 3.42. The predicted molar refractivity (Wildman–Crippen MR) is 108 cm³/mol. The molecule has 0 saturated carbocycles. The van der Waals surface area contributed by atoms with Crippen LogP contribution in [0.3, 0.4) is 0 Å². The standard InChI is InChI=1S/C19H33N3O3Si/c1-13-11-22(16-7-8-21-10-15(16)20)12-14(9-17(23)24)18(13)25-26(5,6)19(2,3)4/h7-8,10,13-14,18H,9,11-12,20H2,1-6H3,(H,23,24)/t13-,14+,18+/m0/s1. The van der Waals surface area contributed by atoms with Crippen molar-refractivity contribution in [3.8, 4) is 0 Å². The highest BCUT2D eigenvalue weighted by Gasteiger charge is 2.44. The van der Waals surface area contributed by atoms with Crippen LogP contribution in [0.2, 0.25) is 18.1 Å². The molecule has 2 rings (SSSR count). The molecular formula is C19H33N3O3Si. The van der Waals surface area contributed by atoms with Gasteiger partial charge in [-0.2, -0.15) is 0 Å². The second kappa shape index (κ2) is 7.56. The Morgan fingerprint density at radius 2 is 2.08 bits per heavy atom. The highest BCUT2D eigenvalue weighted by molar-refractivity contribution is 6.74. The second-order valence-corrected chi connectivity index (χ2v) is 13.8. The van der Waals surface area contributed by atoms with Gasteiger partial charge in [0, 0.05) is 25.2 Å². The van der Waals surface area contributed by atoms with Gasteiger partial charge in [-0.25, -0.2) is 0 Å². The number of anilines is 2. The third-order valence-electron chi connectivity index (χ3n) is 5.83. The Morgan fingerprint density at radius 1 is 1.42 bits per heavy atom. The highest BCUT2D eigenvalue weighted by atomic mass is 28.4. The number of carboxylic acids is 1. The molecule has 7 heteroatoms. The van der Waals surface area contributed by atoms with Gasteiger partial charge in [0.15, 0.2) is 8.32 Å². The van der Waals surface area contributed by atoms with Gasteiger partial charge in [-0.3, -0.25) is 9.78 Å². The molecule has 1 aromatic rings. The molecule has 1 aliphatic heterocycles. The lowest BCUT2D eigenvalue weighted by Crippen LogP contribution is -2.55. The molecule has 26 heavy (non-hydrogen) atoms. The summed E-state index contributed by atoms with van der Waals surface area (Å²) in [4.78, 5) is 17.7. The number of piperidine rings is 1. The minimum Gasteiger partial charge on any atom is -0.481 e. The topological polar surface area (TPSA) is 88.7 Å². The molecule has 146 valence electrons. The highest BCUT2D eigenvalue weighted by Crippen LogP contribution is 2.41. The lowest BCUT2D eigenvalue weighted by atomic mass is 9.84. The molecule has 0 amide bonds. The maximum absolute atomic E-state index is 11.5. The van der Waals surface area contributed by atoms with E-state index < -0.39 is 14.3 Å². The van der Waals surface area contributed by atoms with Gasteiger partial charge in [-0.05, 0) is 30.1 Å². The van der Waals surface area contributed by atoms with E-state index in [0.717, 1.165) is 12.2 Å². The summed E-state index contributed by atoms with van der Waals surface area (Å²) in [5.41, 5.74) is 7.64. The maximum atomic E-state index is 11.5. The van der Waals surface area contributed by atoms with Crippen LogP contribution >= 0.6 is 0 Å². The number of pyridine rings is 1. The molecule has 0 aromatic carbocycles. The lowest BCUT2D eigenvalue weighted by Gasteiger charge is -2.48. The molecule has 1 aromatic heterocycles. The number of aliphatic carboxylic acids is 1. The summed E-state index contributed by atoms with van der Waals surface area (Å²) in [6.45, 7) is 14.7. The van der Waals surface area contributed by atoms with E-state index in [1.165, 1.54) is 0 Å². The van der Waals surface area contributed by atoms with Crippen molar-refractivity contribution in [2.75, 3.05) is 23.7 Å². The van der Waals surface area contributed by atoms with E-state index in [4.69, 9.17) is 10.2 Å². The van der Waals surface area contributed by atoms with Crippen LogP contribution in [0.5, 0.6) is 0 Å². The van der Waals surface area contributed by atoms with Crippen molar-refractivity contribution < 1.29 is 14.3 Å². The number of nitrogens with two attached hydrogens (primary N) is 1. The zero-order valence-electron chi connectivity index (χ0n) is 16.8. The number of rotatable bonds is 5. The molecule has 0 radical (unpaired) electrons. The number of hydrogen-bond donors (Lipinski definition) is 2. The molecule has 0 unspecified atom stereocenters.